The lowest BCUT2D eigenvalue weighted by molar-refractivity contribution is 0.0464. The van der Waals surface area contributed by atoms with Crippen LogP contribution in [0.1, 0.15) is 54.1 Å². The number of aryl methyl sites for hydroxylation is 4. The smallest absolute Gasteiger partial charge is 0.338 e. The van der Waals surface area contributed by atoms with Crippen LogP contribution < -0.4 is 42.3 Å². The van der Waals surface area contributed by atoms with Crippen molar-refractivity contribution in [1.82, 2.24) is 0 Å². The molecule has 0 saturated carbocycles. The van der Waals surface area contributed by atoms with Gasteiger partial charge in [0, 0.05) is 0 Å². The average Bonchev–Trinajstić information content (AvgIpc) is 1.51. The molecule has 0 spiro atoms. The third-order valence-corrected chi connectivity index (χ3v) is 17.5. The molecule has 378 valence electrons. The highest BCUT2D eigenvalue weighted by Crippen LogP contribution is 2.52. The number of carbonyl (C=O) groups excluding carboxylic acids is 2. The monoisotopic (exact) mass is 1030 g/mol. The number of hydrogen-bond acceptors (Lipinski definition) is 6. The first-order valence-electron chi connectivity index (χ1n) is 27.5. The van der Waals surface area contributed by atoms with Gasteiger partial charge in [-0.15, -0.1) is 0 Å². The van der Waals surface area contributed by atoms with Crippen LogP contribution in [0, 0.1) is 27.7 Å². The van der Waals surface area contributed by atoms with Gasteiger partial charge in [-0.25, -0.2) is 9.59 Å². The van der Waals surface area contributed by atoms with Gasteiger partial charge >= 0.3 is 11.9 Å². The number of ether oxygens (including phenoxy) is 4. The second-order valence-corrected chi connectivity index (χ2v) is 22.1. The van der Waals surface area contributed by atoms with Crippen molar-refractivity contribution < 1.29 is 28.5 Å². The lowest BCUT2D eigenvalue weighted by atomic mass is 9.31. The summed E-state index contributed by atoms with van der Waals surface area (Å²) in [5.74, 6) is 1.97. The van der Waals surface area contributed by atoms with Crippen LogP contribution in [0.5, 0.6) is 23.0 Å². The van der Waals surface area contributed by atoms with Gasteiger partial charge in [-0.3, -0.25) is 0 Å². The lowest BCUT2D eigenvalue weighted by Crippen LogP contribution is -2.58. The maximum atomic E-state index is 14.5. The zero-order valence-electron chi connectivity index (χ0n) is 44.5. The number of rotatable bonds is 8. The van der Waals surface area contributed by atoms with Crippen molar-refractivity contribution in [2.75, 3.05) is 0 Å². The fraction of sp³-hybridized carbons (Fsp3) is 0.0833. The molecule has 12 aromatic rings. The number of carbonyl (C=O) groups is 2. The molecule has 16 rings (SSSR count). The van der Waals surface area contributed by atoms with Gasteiger partial charge in [-0.2, -0.15) is 0 Å². The second kappa shape index (κ2) is 17.4. The average molecular weight is 1030 g/mol. The van der Waals surface area contributed by atoms with Gasteiger partial charge in [-0.05, 0) is 208 Å². The van der Waals surface area contributed by atoms with Gasteiger partial charge in [-0.1, -0.05) is 157 Å². The second-order valence-electron chi connectivity index (χ2n) is 22.1. The maximum absolute atomic E-state index is 14.5. The van der Waals surface area contributed by atoms with Gasteiger partial charge in [0.1, 0.15) is 36.2 Å². The summed E-state index contributed by atoms with van der Waals surface area (Å²) < 4.78 is 26.2. The summed E-state index contributed by atoms with van der Waals surface area (Å²) in [6.45, 7) is 8.66. The zero-order valence-corrected chi connectivity index (χ0v) is 44.5. The highest BCUT2D eigenvalue weighted by atomic mass is 16.5. The Morgan fingerprint density at radius 2 is 0.750 bits per heavy atom. The predicted molar refractivity (Wildman–Crippen MR) is 324 cm³/mol. The number of hydrogen-bond donors (Lipinski definition) is 0. The zero-order chi connectivity index (χ0) is 53.7. The summed E-state index contributed by atoms with van der Waals surface area (Å²) in [7, 11) is 0. The van der Waals surface area contributed by atoms with Crippen LogP contribution in [-0.2, 0) is 22.7 Å². The molecule has 0 amide bonds. The highest BCUT2D eigenvalue weighted by Gasteiger charge is 2.45. The number of para-hydroxylation sites is 2. The molecule has 6 nitrogen and oxygen atoms in total. The molecule has 0 aliphatic carbocycles. The standard InChI is InChI=1S/C72H48B2O6/c1-39-17-15-18-40(2)63(39)47-33-49-53-29-45(71(75)77-37-43-21-7-5-8-22-43)31-61-69(53)74(56-26-12-14-28-60(56)79-61)58-36-52-48(64-41(3)19-16-20-42(64)4)34-50-54-30-46(72(76)78-38-44-23-9-6-10-24-44)32-62-70(54)73(55-25-11-13-27-59(55)80-62)57-35-51(47)67(65(49)58)68(52)66(50)57/h5-36H,37-38H2,1-4H3. The Bertz CT molecular complexity index is 4360. The Balaban J connectivity index is 1.06. The Kier molecular flexibility index (Phi) is 10.1. The van der Waals surface area contributed by atoms with Gasteiger partial charge in [0.15, 0.2) is 0 Å². The SMILES string of the molecule is Cc1cccc(C)c1-c1cc2c3c(cc4c(-c5c(C)cccc5C)cc5c6c(cc1c3c46)B1c3ccccc3Oc3cc(C(=O)OCc4ccccc4)cc-5c31)B1c3ccccc3Oc3cc(C(=O)OCc4ccccc4)cc-2c31. The quantitative estimate of drug-likeness (QED) is 0.0858. The van der Waals surface area contributed by atoms with E-state index in [0.29, 0.717) is 22.6 Å². The molecule has 0 bridgehead atoms. The molecule has 4 aliphatic heterocycles. The largest absolute Gasteiger partial charge is 0.458 e. The van der Waals surface area contributed by atoms with Crippen LogP contribution in [0.4, 0.5) is 0 Å². The molecule has 0 radical (unpaired) electrons. The van der Waals surface area contributed by atoms with E-state index in [0.717, 1.165) is 110 Å². The van der Waals surface area contributed by atoms with Crippen molar-refractivity contribution in [2.24, 2.45) is 0 Å². The van der Waals surface area contributed by atoms with E-state index in [1.807, 2.05) is 97.1 Å². The van der Waals surface area contributed by atoms with E-state index >= 15 is 0 Å². The van der Waals surface area contributed by atoms with E-state index in [2.05, 4.69) is 125 Å². The van der Waals surface area contributed by atoms with Crippen molar-refractivity contribution in [3.8, 4) is 67.5 Å². The topological polar surface area (TPSA) is 71.1 Å². The molecule has 0 unspecified atom stereocenters. The number of esters is 2. The predicted octanol–water partition coefficient (Wildman–Crippen LogP) is 13.1. The molecule has 0 atom stereocenters. The third kappa shape index (κ3) is 6.75. The minimum Gasteiger partial charge on any atom is -0.458 e. The molecule has 0 N–H and O–H groups in total. The molecule has 80 heavy (non-hydrogen) atoms. The minimum atomic E-state index is -0.418. The first kappa shape index (κ1) is 46.4. The van der Waals surface area contributed by atoms with Crippen molar-refractivity contribution >= 4 is 90.5 Å². The van der Waals surface area contributed by atoms with Crippen LogP contribution in [0.2, 0.25) is 0 Å². The van der Waals surface area contributed by atoms with E-state index in [1.165, 1.54) is 44.3 Å². The molecule has 4 aliphatic rings. The summed E-state index contributed by atoms with van der Waals surface area (Å²) in [5, 5.41) is 6.92. The fourth-order valence-electron chi connectivity index (χ4n) is 14.2. The van der Waals surface area contributed by atoms with Crippen LogP contribution in [0.15, 0.2) is 194 Å². The molecular formula is C72H48B2O6. The van der Waals surface area contributed by atoms with Crippen molar-refractivity contribution in [3.05, 3.63) is 239 Å². The van der Waals surface area contributed by atoms with Gasteiger partial charge < -0.3 is 18.9 Å². The van der Waals surface area contributed by atoms with Crippen molar-refractivity contribution in [3.63, 3.8) is 0 Å². The minimum absolute atomic E-state index is 0.143. The lowest BCUT2D eigenvalue weighted by Gasteiger charge is -2.38. The van der Waals surface area contributed by atoms with Crippen molar-refractivity contribution in [2.45, 2.75) is 40.9 Å². The van der Waals surface area contributed by atoms with Crippen LogP contribution in [0.3, 0.4) is 0 Å². The molecule has 0 saturated heterocycles. The van der Waals surface area contributed by atoms with Gasteiger partial charge in [0.25, 0.3) is 13.4 Å². The Morgan fingerprint density at radius 3 is 1.16 bits per heavy atom. The third-order valence-electron chi connectivity index (χ3n) is 17.5. The van der Waals surface area contributed by atoms with E-state index < -0.39 is 11.9 Å². The molecule has 0 fully saturated rings. The van der Waals surface area contributed by atoms with Crippen LogP contribution in [-0.4, -0.2) is 25.4 Å². The number of fused-ring (bicyclic) bond motifs is 8. The Morgan fingerprint density at radius 1 is 0.362 bits per heavy atom. The van der Waals surface area contributed by atoms with Crippen LogP contribution >= 0.6 is 0 Å². The first-order chi connectivity index (χ1) is 39.2. The molecule has 12 aromatic carbocycles. The molecule has 4 heterocycles. The van der Waals surface area contributed by atoms with Crippen molar-refractivity contribution in [1.29, 1.82) is 0 Å². The summed E-state index contributed by atoms with van der Waals surface area (Å²) >= 11 is 0. The molecule has 8 heteroatoms. The summed E-state index contributed by atoms with van der Waals surface area (Å²) in [5.41, 5.74) is 22.4. The van der Waals surface area contributed by atoms with E-state index in [1.54, 1.807) is 0 Å². The van der Waals surface area contributed by atoms with Crippen LogP contribution in [0.25, 0.3) is 76.8 Å². The number of benzene rings is 12. The summed E-state index contributed by atoms with van der Waals surface area (Å²) in [6.07, 6.45) is 0. The van der Waals surface area contributed by atoms with Gasteiger partial charge in [0.2, 0.25) is 0 Å². The first-order valence-corrected chi connectivity index (χ1v) is 27.5. The normalized spacial score (nSPS) is 12.8. The maximum Gasteiger partial charge on any atom is 0.338 e. The molecular weight excluding hydrogens is 982 g/mol. The van der Waals surface area contributed by atoms with E-state index in [9.17, 15) is 9.59 Å². The highest BCUT2D eigenvalue weighted by molar-refractivity contribution is 7.01. The Labute approximate surface area is 463 Å². The summed E-state index contributed by atoms with van der Waals surface area (Å²) in [4.78, 5) is 29.1. The van der Waals surface area contributed by atoms with E-state index in [-0.39, 0.29) is 26.6 Å². The van der Waals surface area contributed by atoms with E-state index in [4.69, 9.17) is 18.9 Å². The fourth-order valence-corrected chi connectivity index (χ4v) is 14.2. The molecule has 0 aromatic heterocycles. The Hall–Kier alpha value is -9.65. The summed E-state index contributed by atoms with van der Waals surface area (Å²) in [6, 6.07) is 67.1. The van der Waals surface area contributed by atoms with Gasteiger partial charge in [0.05, 0.1) is 11.1 Å².